The van der Waals surface area contributed by atoms with Crippen LogP contribution < -0.4 is 15.4 Å². The number of aliphatic hydroxyl groups is 1. The van der Waals surface area contributed by atoms with Gasteiger partial charge in [0, 0.05) is 6.42 Å². The predicted molar refractivity (Wildman–Crippen MR) is 180 cm³/mol. The Morgan fingerprint density at radius 2 is 1.39 bits per heavy atom. The molecule has 0 unspecified atom stereocenters. The Labute approximate surface area is 272 Å². The molecule has 0 aliphatic carbocycles. The van der Waals surface area contributed by atoms with Crippen LogP contribution in [0.2, 0.25) is 0 Å². The topological polar surface area (TPSA) is 114 Å². The van der Waals surface area contributed by atoms with Crippen LogP contribution in [0.5, 0.6) is 5.75 Å². The van der Waals surface area contributed by atoms with Crippen molar-refractivity contribution in [1.29, 1.82) is 0 Å². The fraction of sp³-hybridized carbons (Fsp3) is 0.342. The highest BCUT2D eigenvalue weighted by Crippen LogP contribution is 2.18. The third-order valence-corrected chi connectivity index (χ3v) is 7.48. The van der Waals surface area contributed by atoms with Crippen molar-refractivity contribution in [2.45, 2.75) is 57.8 Å². The van der Waals surface area contributed by atoms with E-state index in [0.717, 1.165) is 22.4 Å². The molecule has 2 amide bonds. The molecular formula is C38H46N2O6. The van der Waals surface area contributed by atoms with Gasteiger partial charge in [0.05, 0.1) is 31.0 Å². The van der Waals surface area contributed by atoms with Gasteiger partial charge in [0.2, 0.25) is 11.8 Å². The molecular weight excluding hydrogens is 580 g/mol. The number of carbonyl (C=O) groups excluding carboxylic acids is 3. The summed E-state index contributed by atoms with van der Waals surface area (Å²) < 4.78 is 11.5. The monoisotopic (exact) mass is 626 g/mol. The summed E-state index contributed by atoms with van der Waals surface area (Å²) in [6.07, 6.45) is 4.37. The van der Waals surface area contributed by atoms with Crippen molar-refractivity contribution in [3.8, 4) is 5.75 Å². The summed E-state index contributed by atoms with van der Waals surface area (Å²) in [5.74, 6) is -1.35. The van der Waals surface area contributed by atoms with Crippen LogP contribution in [0.25, 0.3) is 0 Å². The Bertz CT molecular complexity index is 1380. The zero-order valence-corrected chi connectivity index (χ0v) is 26.6. The first-order valence-electron chi connectivity index (χ1n) is 15.7. The summed E-state index contributed by atoms with van der Waals surface area (Å²) in [6, 6.07) is 26.6. The second-order valence-electron chi connectivity index (χ2n) is 11.4. The lowest BCUT2D eigenvalue weighted by Gasteiger charge is -2.21. The van der Waals surface area contributed by atoms with Gasteiger partial charge >= 0.3 is 5.97 Å². The average molecular weight is 627 g/mol. The van der Waals surface area contributed by atoms with Crippen molar-refractivity contribution < 1.29 is 29.0 Å². The van der Waals surface area contributed by atoms with E-state index < -0.39 is 18.1 Å². The van der Waals surface area contributed by atoms with E-state index in [2.05, 4.69) is 23.8 Å². The van der Waals surface area contributed by atoms with Gasteiger partial charge in [-0.3, -0.25) is 14.4 Å². The molecule has 0 fully saturated rings. The smallest absolute Gasteiger partial charge is 0.309 e. The maximum Gasteiger partial charge on any atom is 0.309 e. The number of esters is 1. The van der Waals surface area contributed by atoms with Gasteiger partial charge in [-0.15, -0.1) is 13.2 Å². The molecule has 3 rings (SSSR count). The van der Waals surface area contributed by atoms with Crippen molar-refractivity contribution in [2.24, 2.45) is 11.8 Å². The Morgan fingerprint density at radius 3 is 2.00 bits per heavy atom. The normalized spacial score (nSPS) is 13.3. The molecule has 3 N–H and O–H groups in total. The van der Waals surface area contributed by atoms with Crippen molar-refractivity contribution in [3.63, 3.8) is 0 Å². The number of aliphatic hydroxyl groups excluding tert-OH is 1. The van der Waals surface area contributed by atoms with Gasteiger partial charge in [-0.05, 0) is 61.4 Å². The zero-order chi connectivity index (χ0) is 33.1. The molecule has 0 spiro atoms. The lowest BCUT2D eigenvalue weighted by atomic mass is 9.96. The van der Waals surface area contributed by atoms with Crippen LogP contribution in [0, 0.1) is 11.8 Å². The molecule has 3 aromatic rings. The second kappa shape index (κ2) is 19.6. The summed E-state index contributed by atoms with van der Waals surface area (Å²) in [4.78, 5) is 38.8. The first-order valence-corrected chi connectivity index (χ1v) is 15.7. The Morgan fingerprint density at radius 1 is 0.804 bits per heavy atom. The van der Waals surface area contributed by atoms with Crippen LogP contribution in [-0.2, 0) is 38.6 Å². The Balaban J connectivity index is 1.45. The highest BCUT2D eigenvalue weighted by Gasteiger charge is 2.25. The lowest BCUT2D eigenvalue weighted by molar-refractivity contribution is -0.153. The molecule has 0 bridgehead atoms. The molecule has 46 heavy (non-hydrogen) atoms. The van der Waals surface area contributed by atoms with Gasteiger partial charge in [0.25, 0.3) is 0 Å². The molecule has 0 aliphatic heterocycles. The van der Waals surface area contributed by atoms with Crippen LogP contribution in [0.3, 0.4) is 0 Å². The van der Waals surface area contributed by atoms with Crippen molar-refractivity contribution in [1.82, 2.24) is 10.6 Å². The summed E-state index contributed by atoms with van der Waals surface area (Å²) in [5, 5.41) is 15.6. The number of carbonyl (C=O) groups is 3. The standard InChI is InChI=1S/C38H46N2O6/c1-4-12-32(37(43)39-25-28(3)46-38(44)33(13-5-2)22-29-14-8-6-9-15-29)24-36(42)40-34(26-41)23-30-18-20-35(21-19-30)45-27-31-16-10-7-11-17-31/h4-11,14-21,28,32-34,41H,1-2,12-13,22-27H2,3H3,(H,39,43)(H,40,42)/t28-,32+,33-,34-/m0/s1. The molecule has 4 atom stereocenters. The van der Waals surface area contributed by atoms with E-state index in [4.69, 9.17) is 9.47 Å². The highest BCUT2D eigenvalue weighted by molar-refractivity contribution is 5.86. The number of amides is 2. The van der Waals surface area contributed by atoms with E-state index in [1.165, 1.54) is 0 Å². The predicted octanol–water partition coefficient (Wildman–Crippen LogP) is 5.35. The third-order valence-electron chi connectivity index (χ3n) is 7.48. The number of hydrogen-bond donors (Lipinski definition) is 3. The minimum Gasteiger partial charge on any atom is -0.489 e. The van der Waals surface area contributed by atoms with E-state index in [1.54, 1.807) is 19.1 Å². The molecule has 0 aromatic heterocycles. The van der Waals surface area contributed by atoms with Gasteiger partial charge in [0.1, 0.15) is 18.5 Å². The summed E-state index contributed by atoms with van der Waals surface area (Å²) in [5.41, 5.74) is 3.03. The number of allylic oxidation sites excluding steroid dienone is 2. The number of nitrogens with one attached hydrogen (secondary N) is 2. The SMILES string of the molecule is C=CC[C@H](CC(=O)N[C@H](CO)Cc1ccc(OCc2ccccc2)cc1)C(=O)NC[C@H](C)OC(=O)[C@@H](CC=C)Cc1ccccc1. The van der Waals surface area contributed by atoms with Crippen LogP contribution >= 0.6 is 0 Å². The van der Waals surface area contributed by atoms with Crippen molar-refractivity contribution in [3.05, 3.63) is 127 Å². The van der Waals surface area contributed by atoms with Gasteiger partial charge < -0.3 is 25.2 Å². The molecule has 0 heterocycles. The highest BCUT2D eigenvalue weighted by atomic mass is 16.5. The number of benzene rings is 3. The average Bonchev–Trinajstić information content (AvgIpc) is 3.07. The third kappa shape index (κ3) is 12.7. The van der Waals surface area contributed by atoms with Gasteiger partial charge in [-0.2, -0.15) is 0 Å². The van der Waals surface area contributed by atoms with Gasteiger partial charge in [-0.1, -0.05) is 84.9 Å². The minimum absolute atomic E-state index is 0.0761. The molecule has 0 saturated heterocycles. The van der Waals surface area contributed by atoms with Crippen LogP contribution in [-0.4, -0.2) is 48.2 Å². The molecule has 3 aromatic carbocycles. The Kier molecular flexibility index (Phi) is 15.3. The van der Waals surface area contributed by atoms with E-state index >= 15 is 0 Å². The molecule has 8 heteroatoms. The summed E-state index contributed by atoms with van der Waals surface area (Å²) in [7, 11) is 0. The van der Waals surface area contributed by atoms with E-state index in [0.29, 0.717) is 32.3 Å². The van der Waals surface area contributed by atoms with Gasteiger partial charge in [0.15, 0.2) is 0 Å². The zero-order valence-electron chi connectivity index (χ0n) is 26.6. The fourth-order valence-corrected chi connectivity index (χ4v) is 4.99. The Hall–Kier alpha value is -4.69. The van der Waals surface area contributed by atoms with Crippen LogP contribution in [0.4, 0.5) is 0 Å². The maximum atomic E-state index is 13.0. The largest absolute Gasteiger partial charge is 0.489 e. The number of rotatable bonds is 20. The van der Waals surface area contributed by atoms with Crippen molar-refractivity contribution >= 4 is 17.8 Å². The fourth-order valence-electron chi connectivity index (χ4n) is 4.99. The number of ether oxygens (including phenoxy) is 2. The lowest BCUT2D eigenvalue weighted by Crippen LogP contribution is -2.42. The van der Waals surface area contributed by atoms with E-state index in [9.17, 15) is 19.5 Å². The molecule has 0 radical (unpaired) electrons. The van der Waals surface area contributed by atoms with E-state index in [1.807, 2.05) is 84.9 Å². The van der Waals surface area contributed by atoms with Crippen LogP contribution in [0.1, 0.15) is 42.9 Å². The van der Waals surface area contributed by atoms with E-state index in [-0.39, 0.29) is 43.3 Å². The first-order chi connectivity index (χ1) is 22.3. The summed E-state index contributed by atoms with van der Waals surface area (Å²) in [6.45, 7) is 9.52. The first kappa shape index (κ1) is 35.8. The quantitative estimate of drug-likeness (QED) is 0.115. The second-order valence-corrected chi connectivity index (χ2v) is 11.4. The molecule has 0 aliphatic rings. The molecule has 244 valence electrons. The number of hydrogen-bond acceptors (Lipinski definition) is 6. The summed E-state index contributed by atoms with van der Waals surface area (Å²) >= 11 is 0. The molecule has 0 saturated carbocycles. The van der Waals surface area contributed by atoms with Gasteiger partial charge in [-0.25, -0.2) is 0 Å². The maximum absolute atomic E-state index is 13.0. The van der Waals surface area contributed by atoms with Crippen LogP contribution in [0.15, 0.2) is 110 Å². The van der Waals surface area contributed by atoms with Crippen molar-refractivity contribution in [2.75, 3.05) is 13.2 Å². The molecule has 8 nitrogen and oxygen atoms in total. The minimum atomic E-state index is -0.660.